The van der Waals surface area contributed by atoms with Crippen molar-refractivity contribution in [2.75, 3.05) is 26.2 Å². The molecule has 0 N–H and O–H groups in total. The van der Waals surface area contributed by atoms with Crippen molar-refractivity contribution in [3.05, 3.63) is 71.0 Å². The van der Waals surface area contributed by atoms with Crippen LogP contribution in [0.15, 0.2) is 53.6 Å². The Bertz CT molecular complexity index is 1020. The highest BCUT2D eigenvalue weighted by molar-refractivity contribution is 6.03. The Morgan fingerprint density at radius 1 is 1.12 bits per heavy atom. The van der Waals surface area contributed by atoms with Gasteiger partial charge in [-0.3, -0.25) is 14.5 Å². The summed E-state index contributed by atoms with van der Waals surface area (Å²) in [7, 11) is 0. The number of carbonyl (C=O) groups is 2. The Morgan fingerprint density at radius 3 is 2.55 bits per heavy atom. The van der Waals surface area contributed by atoms with Crippen molar-refractivity contribution >= 4 is 17.6 Å². The predicted molar refractivity (Wildman–Crippen MR) is 124 cm³/mol. The molecule has 7 heteroatoms. The molecule has 0 bridgehead atoms. The quantitative estimate of drug-likeness (QED) is 0.621. The van der Waals surface area contributed by atoms with E-state index in [1.54, 1.807) is 24.1 Å². The number of hydrogen-bond acceptors (Lipinski definition) is 5. The summed E-state index contributed by atoms with van der Waals surface area (Å²) in [5, 5.41) is 6.24. The molecule has 0 aliphatic carbocycles. The number of hydrogen-bond donors (Lipinski definition) is 0. The minimum atomic E-state index is -0.304. The average Bonchev–Trinajstić information content (AvgIpc) is 3.26. The van der Waals surface area contributed by atoms with Crippen LogP contribution in [0.25, 0.3) is 0 Å². The van der Waals surface area contributed by atoms with E-state index in [1.807, 2.05) is 36.1 Å². The van der Waals surface area contributed by atoms with Gasteiger partial charge in [0.15, 0.2) is 0 Å². The van der Waals surface area contributed by atoms with Gasteiger partial charge in [0, 0.05) is 13.0 Å². The van der Waals surface area contributed by atoms with E-state index in [-0.39, 0.29) is 36.2 Å². The highest BCUT2D eigenvalue weighted by Gasteiger charge is 2.35. The van der Waals surface area contributed by atoms with Crippen LogP contribution in [0.2, 0.25) is 0 Å². The molecule has 2 heterocycles. The molecule has 0 saturated carbocycles. The minimum Gasteiger partial charge on any atom is -0.466 e. The SMILES string of the molecule is CCOC(=O)[C@@H]1CCCN(CC(=O)N2N=C(c3ccc(F)cc3)C[C@@H]2c2ccc(C)cc2)C1. The van der Waals surface area contributed by atoms with Crippen LogP contribution < -0.4 is 0 Å². The minimum absolute atomic E-state index is 0.109. The van der Waals surface area contributed by atoms with Gasteiger partial charge in [0.1, 0.15) is 5.82 Å². The van der Waals surface area contributed by atoms with E-state index >= 15 is 0 Å². The maximum atomic E-state index is 13.4. The second kappa shape index (κ2) is 10.3. The smallest absolute Gasteiger partial charge is 0.310 e. The third kappa shape index (κ3) is 5.47. The molecule has 1 amide bonds. The fraction of sp³-hybridized carbons (Fsp3) is 0.423. The van der Waals surface area contributed by atoms with E-state index < -0.39 is 0 Å². The van der Waals surface area contributed by atoms with Crippen molar-refractivity contribution in [2.45, 2.75) is 39.2 Å². The first-order valence-electron chi connectivity index (χ1n) is 11.6. The first-order chi connectivity index (χ1) is 15.9. The molecule has 0 unspecified atom stereocenters. The van der Waals surface area contributed by atoms with Crippen LogP contribution in [0.1, 0.15) is 48.9 Å². The second-order valence-corrected chi connectivity index (χ2v) is 8.75. The molecule has 4 rings (SSSR count). The van der Waals surface area contributed by atoms with Gasteiger partial charge in [-0.15, -0.1) is 0 Å². The number of piperidine rings is 1. The lowest BCUT2D eigenvalue weighted by Crippen LogP contribution is -2.44. The first kappa shape index (κ1) is 23.1. The van der Waals surface area contributed by atoms with E-state index in [1.165, 1.54) is 12.1 Å². The van der Waals surface area contributed by atoms with Crippen molar-refractivity contribution in [3.63, 3.8) is 0 Å². The second-order valence-electron chi connectivity index (χ2n) is 8.75. The molecule has 0 radical (unpaired) electrons. The number of rotatable bonds is 6. The number of aryl methyl sites for hydroxylation is 1. The van der Waals surface area contributed by atoms with Crippen molar-refractivity contribution in [3.8, 4) is 0 Å². The van der Waals surface area contributed by atoms with Crippen molar-refractivity contribution in [1.29, 1.82) is 0 Å². The summed E-state index contributed by atoms with van der Waals surface area (Å²) in [5.74, 6) is -0.801. The van der Waals surface area contributed by atoms with Crippen LogP contribution in [-0.4, -0.2) is 53.7 Å². The van der Waals surface area contributed by atoms with Gasteiger partial charge >= 0.3 is 5.97 Å². The summed E-state index contributed by atoms with van der Waals surface area (Å²) >= 11 is 0. The van der Waals surface area contributed by atoms with Gasteiger partial charge in [0.2, 0.25) is 0 Å². The molecule has 1 fully saturated rings. The number of hydrazone groups is 1. The lowest BCUT2D eigenvalue weighted by atomic mass is 9.97. The van der Waals surface area contributed by atoms with Crippen LogP contribution in [0.3, 0.4) is 0 Å². The van der Waals surface area contributed by atoms with E-state index in [4.69, 9.17) is 4.74 Å². The summed E-state index contributed by atoms with van der Waals surface area (Å²) in [5.41, 5.74) is 3.73. The number of amides is 1. The molecule has 0 spiro atoms. The van der Waals surface area contributed by atoms with Gasteiger partial charge in [-0.25, -0.2) is 9.40 Å². The summed E-state index contributed by atoms with van der Waals surface area (Å²) < 4.78 is 18.6. The third-order valence-electron chi connectivity index (χ3n) is 6.29. The molecule has 33 heavy (non-hydrogen) atoms. The zero-order valence-electron chi connectivity index (χ0n) is 19.2. The van der Waals surface area contributed by atoms with Crippen LogP contribution in [-0.2, 0) is 14.3 Å². The van der Waals surface area contributed by atoms with E-state index in [2.05, 4.69) is 5.10 Å². The molecular formula is C26H30FN3O3. The van der Waals surface area contributed by atoms with E-state index in [0.29, 0.717) is 19.6 Å². The number of benzene rings is 2. The molecule has 2 aliphatic heterocycles. The van der Waals surface area contributed by atoms with Gasteiger partial charge in [-0.05, 0) is 56.5 Å². The number of ether oxygens (including phenoxy) is 1. The lowest BCUT2D eigenvalue weighted by Gasteiger charge is -2.32. The number of likely N-dealkylation sites (tertiary alicyclic amines) is 1. The van der Waals surface area contributed by atoms with Crippen molar-refractivity contribution in [1.82, 2.24) is 9.91 Å². The van der Waals surface area contributed by atoms with E-state index in [0.717, 1.165) is 41.8 Å². The average molecular weight is 452 g/mol. The zero-order chi connectivity index (χ0) is 23.4. The van der Waals surface area contributed by atoms with Crippen molar-refractivity contribution in [2.24, 2.45) is 11.0 Å². The topological polar surface area (TPSA) is 62.2 Å². The Balaban J connectivity index is 1.53. The van der Waals surface area contributed by atoms with Gasteiger partial charge in [-0.2, -0.15) is 5.10 Å². The van der Waals surface area contributed by atoms with Crippen LogP contribution in [0.4, 0.5) is 4.39 Å². The van der Waals surface area contributed by atoms with Gasteiger partial charge < -0.3 is 4.74 Å². The monoisotopic (exact) mass is 451 g/mol. The first-order valence-corrected chi connectivity index (χ1v) is 11.6. The van der Waals surface area contributed by atoms with Gasteiger partial charge in [0.25, 0.3) is 5.91 Å². The highest BCUT2D eigenvalue weighted by Crippen LogP contribution is 2.33. The summed E-state index contributed by atoms with van der Waals surface area (Å²) in [6.45, 7) is 5.66. The maximum Gasteiger partial charge on any atom is 0.310 e. The molecule has 2 atom stereocenters. The van der Waals surface area contributed by atoms with Crippen LogP contribution in [0, 0.1) is 18.7 Å². The molecule has 6 nitrogen and oxygen atoms in total. The number of carbonyl (C=O) groups excluding carboxylic acids is 2. The Morgan fingerprint density at radius 2 is 1.85 bits per heavy atom. The molecule has 2 aromatic rings. The summed E-state index contributed by atoms with van der Waals surface area (Å²) in [4.78, 5) is 27.6. The largest absolute Gasteiger partial charge is 0.466 e. The van der Waals surface area contributed by atoms with Crippen LogP contribution >= 0.6 is 0 Å². The van der Waals surface area contributed by atoms with Gasteiger partial charge in [0.05, 0.1) is 30.8 Å². The molecule has 2 aromatic carbocycles. The van der Waals surface area contributed by atoms with Crippen molar-refractivity contribution < 1.29 is 18.7 Å². The number of nitrogens with zero attached hydrogens (tertiary/aromatic N) is 3. The Kier molecular flexibility index (Phi) is 7.18. The predicted octanol–water partition coefficient (Wildman–Crippen LogP) is 4.09. The zero-order valence-corrected chi connectivity index (χ0v) is 19.2. The fourth-order valence-electron chi connectivity index (χ4n) is 4.52. The van der Waals surface area contributed by atoms with Gasteiger partial charge in [-0.1, -0.05) is 42.0 Å². The standard InChI is InChI=1S/C26H30FN3O3/c1-3-33-26(32)21-5-4-14-29(16-21)17-25(31)30-24(20-8-6-18(2)7-9-20)15-23(28-30)19-10-12-22(27)13-11-19/h6-13,21,24H,3-5,14-17H2,1-2H3/t21-,24-/m1/s1. The summed E-state index contributed by atoms with van der Waals surface area (Å²) in [6.07, 6.45) is 2.19. The normalized spacial score (nSPS) is 21.1. The Hall–Kier alpha value is -3.06. The molecule has 174 valence electrons. The Labute approximate surface area is 194 Å². The fourth-order valence-corrected chi connectivity index (χ4v) is 4.52. The lowest BCUT2D eigenvalue weighted by molar-refractivity contribution is -0.150. The van der Waals surface area contributed by atoms with Crippen LogP contribution in [0.5, 0.6) is 0 Å². The van der Waals surface area contributed by atoms with E-state index in [9.17, 15) is 14.0 Å². The third-order valence-corrected chi connectivity index (χ3v) is 6.29. The molecule has 0 aromatic heterocycles. The number of esters is 1. The highest BCUT2D eigenvalue weighted by atomic mass is 19.1. The maximum absolute atomic E-state index is 13.4. The summed E-state index contributed by atoms with van der Waals surface area (Å²) in [6, 6.07) is 14.1. The number of halogens is 1. The molecule has 2 aliphatic rings. The molecule has 1 saturated heterocycles. The molecular weight excluding hydrogens is 421 g/mol.